The molecule has 0 radical (unpaired) electrons. The van der Waals surface area contributed by atoms with Gasteiger partial charge in [0.1, 0.15) is 5.75 Å². The lowest BCUT2D eigenvalue weighted by Crippen LogP contribution is -2.31. The second-order valence-electron chi connectivity index (χ2n) is 6.37. The van der Waals surface area contributed by atoms with Crippen LogP contribution in [0.5, 0.6) is 5.75 Å². The molecule has 2 aromatic rings. The summed E-state index contributed by atoms with van der Waals surface area (Å²) in [5.41, 5.74) is 2.78. The Morgan fingerprint density at radius 2 is 1.68 bits per heavy atom. The fourth-order valence-electron chi connectivity index (χ4n) is 2.77. The van der Waals surface area contributed by atoms with E-state index in [2.05, 4.69) is 0 Å². The Morgan fingerprint density at radius 3 is 2.20 bits per heavy atom. The zero-order valence-corrected chi connectivity index (χ0v) is 16.6. The molecule has 3 nitrogen and oxygen atoms in total. The van der Waals surface area contributed by atoms with Gasteiger partial charge in [-0.2, -0.15) is 0 Å². The molecular weight excluding hydrogens is 359 g/mol. The number of aryl methyl sites for hydroxylation is 1. The van der Waals surface area contributed by atoms with Crippen molar-refractivity contribution in [1.82, 2.24) is 0 Å². The van der Waals surface area contributed by atoms with E-state index in [4.69, 9.17) is 32.7 Å². The summed E-state index contributed by atoms with van der Waals surface area (Å²) in [6.07, 6.45) is 0. The van der Waals surface area contributed by atoms with Crippen molar-refractivity contribution in [3.8, 4) is 16.9 Å². The average molecular weight is 381 g/mol. The predicted octanol–water partition coefficient (Wildman–Crippen LogP) is 5.82. The maximum atomic E-state index is 12.3. The number of esters is 1. The smallest absolute Gasteiger partial charge is 0.315 e. The maximum Gasteiger partial charge on any atom is 0.315 e. The van der Waals surface area contributed by atoms with E-state index in [-0.39, 0.29) is 5.97 Å². The van der Waals surface area contributed by atoms with Crippen LogP contribution in [0.15, 0.2) is 30.3 Å². The zero-order chi connectivity index (χ0) is 18.8. The molecule has 0 atom stereocenters. The van der Waals surface area contributed by atoms with Gasteiger partial charge >= 0.3 is 5.97 Å². The first-order chi connectivity index (χ1) is 11.7. The molecular formula is C20H22Cl2O3. The Morgan fingerprint density at radius 1 is 1.08 bits per heavy atom. The first-order valence-electron chi connectivity index (χ1n) is 8.03. The lowest BCUT2D eigenvalue weighted by atomic mass is 9.82. The third-order valence-electron chi connectivity index (χ3n) is 4.18. The summed E-state index contributed by atoms with van der Waals surface area (Å²) in [6.45, 7) is 7.80. The van der Waals surface area contributed by atoms with Crippen LogP contribution in [-0.2, 0) is 14.9 Å². The molecule has 134 valence electrons. The van der Waals surface area contributed by atoms with Crippen molar-refractivity contribution in [2.24, 2.45) is 0 Å². The zero-order valence-electron chi connectivity index (χ0n) is 15.1. The molecule has 0 unspecified atom stereocenters. The minimum atomic E-state index is -0.779. The van der Waals surface area contributed by atoms with Crippen LogP contribution in [0.25, 0.3) is 11.1 Å². The Kier molecular flexibility index (Phi) is 6.02. The molecule has 0 aliphatic rings. The first kappa shape index (κ1) is 19.6. The van der Waals surface area contributed by atoms with Crippen molar-refractivity contribution in [2.45, 2.75) is 33.1 Å². The van der Waals surface area contributed by atoms with Gasteiger partial charge in [0.2, 0.25) is 0 Å². The molecule has 0 aromatic heterocycles. The van der Waals surface area contributed by atoms with Crippen LogP contribution in [-0.4, -0.2) is 19.7 Å². The van der Waals surface area contributed by atoms with Gasteiger partial charge in [-0.3, -0.25) is 4.79 Å². The summed E-state index contributed by atoms with van der Waals surface area (Å²) in [7, 11) is 1.60. The second-order valence-corrected chi connectivity index (χ2v) is 7.25. The van der Waals surface area contributed by atoms with Gasteiger partial charge in [0, 0.05) is 15.6 Å². The van der Waals surface area contributed by atoms with Crippen LogP contribution in [0.1, 0.15) is 31.9 Å². The molecule has 5 heteroatoms. The molecule has 25 heavy (non-hydrogen) atoms. The highest BCUT2D eigenvalue weighted by Gasteiger charge is 2.32. The number of methoxy groups -OCH3 is 1. The Labute approximate surface area is 158 Å². The average Bonchev–Trinajstić information content (AvgIpc) is 2.53. The number of rotatable bonds is 5. The van der Waals surface area contributed by atoms with E-state index in [9.17, 15) is 4.79 Å². The van der Waals surface area contributed by atoms with Gasteiger partial charge in [-0.1, -0.05) is 29.3 Å². The van der Waals surface area contributed by atoms with Crippen molar-refractivity contribution < 1.29 is 14.3 Å². The summed E-state index contributed by atoms with van der Waals surface area (Å²) < 4.78 is 10.8. The Balaban J connectivity index is 2.61. The van der Waals surface area contributed by atoms with Crippen LogP contribution in [0.3, 0.4) is 0 Å². The molecule has 0 bridgehead atoms. The van der Waals surface area contributed by atoms with Gasteiger partial charge in [0.05, 0.1) is 19.1 Å². The number of carbonyl (C=O) groups is 1. The van der Waals surface area contributed by atoms with Gasteiger partial charge in [-0.25, -0.2) is 0 Å². The van der Waals surface area contributed by atoms with Gasteiger partial charge in [-0.05, 0) is 68.7 Å². The van der Waals surface area contributed by atoms with E-state index < -0.39 is 5.41 Å². The molecule has 0 saturated heterocycles. The molecule has 2 rings (SSSR count). The lowest BCUT2D eigenvalue weighted by Gasteiger charge is -2.25. The Bertz CT molecular complexity index is 778. The molecule has 0 spiro atoms. The molecule has 0 heterocycles. The third kappa shape index (κ3) is 4.10. The number of hydrogen-bond donors (Lipinski definition) is 0. The summed E-state index contributed by atoms with van der Waals surface area (Å²) in [6, 6.07) is 9.22. The summed E-state index contributed by atoms with van der Waals surface area (Å²) in [4.78, 5) is 12.3. The molecule has 0 aliphatic carbocycles. The van der Waals surface area contributed by atoms with Crippen molar-refractivity contribution in [3.05, 3.63) is 51.5 Å². The van der Waals surface area contributed by atoms with Crippen LogP contribution < -0.4 is 4.74 Å². The molecule has 0 aliphatic heterocycles. The van der Waals surface area contributed by atoms with Crippen molar-refractivity contribution in [2.75, 3.05) is 13.7 Å². The van der Waals surface area contributed by atoms with E-state index in [1.165, 1.54) is 0 Å². The second kappa shape index (κ2) is 7.67. The molecule has 0 fully saturated rings. The van der Waals surface area contributed by atoms with Crippen molar-refractivity contribution in [3.63, 3.8) is 0 Å². The van der Waals surface area contributed by atoms with Gasteiger partial charge in [-0.15, -0.1) is 0 Å². The molecule has 2 aromatic carbocycles. The third-order valence-corrected chi connectivity index (χ3v) is 4.61. The lowest BCUT2D eigenvalue weighted by molar-refractivity contribution is -0.148. The SMILES string of the molecule is CCOC(=O)C(C)(C)c1cc(C)c(-c2cc(Cl)cc(Cl)c2)c(OC)c1. The normalized spacial score (nSPS) is 11.3. The van der Waals surface area contributed by atoms with Gasteiger partial charge in [0.25, 0.3) is 0 Å². The summed E-state index contributed by atoms with van der Waals surface area (Å²) in [5, 5.41) is 1.11. The predicted molar refractivity (Wildman–Crippen MR) is 103 cm³/mol. The van der Waals surface area contributed by atoms with Gasteiger partial charge < -0.3 is 9.47 Å². The summed E-state index contributed by atoms with van der Waals surface area (Å²) >= 11 is 12.3. The first-order valence-corrected chi connectivity index (χ1v) is 8.79. The van der Waals surface area contributed by atoms with E-state index in [0.29, 0.717) is 22.4 Å². The van der Waals surface area contributed by atoms with Crippen molar-refractivity contribution in [1.29, 1.82) is 0 Å². The standard InChI is InChI=1S/C20H22Cl2O3/c1-6-25-19(23)20(3,4)14-7-12(2)18(17(10-14)24-5)13-8-15(21)11-16(22)9-13/h7-11H,6H2,1-5H3. The molecule has 0 saturated carbocycles. The van der Waals surface area contributed by atoms with E-state index in [1.807, 2.05) is 45.0 Å². The van der Waals surface area contributed by atoms with Crippen LogP contribution in [0.4, 0.5) is 0 Å². The highest BCUT2D eigenvalue weighted by Crippen LogP contribution is 2.39. The highest BCUT2D eigenvalue weighted by atomic mass is 35.5. The maximum absolute atomic E-state index is 12.3. The minimum absolute atomic E-state index is 0.269. The van der Waals surface area contributed by atoms with Crippen LogP contribution in [0, 0.1) is 6.92 Å². The number of ether oxygens (including phenoxy) is 2. The van der Waals surface area contributed by atoms with E-state index in [0.717, 1.165) is 22.3 Å². The van der Waals surface area contributed by atoms with Crippen LogP contribution >= 0.6 is 23.2 Å². The van der Waals surface area contributed by atoms with Gasteiger partial charge in [0.15, 0.2) is 0 Å². The Hall–Kier alpha value is -1.71. The number of benzene rings is 2. The molecule has 0 N–H and O–H groups in total. The number of hydrogen-bond acceptors (Lipinski definition) is 3. The van der Waals surface area contributed by atoms with Crippen molar-refractivity contribution >= 4 is 29.2 Å². The molecule has 0 amide bonds. The summed E-state index contributed by atoms with van der Waals surface area (Å²) in [5.74, 6) is 0.390. The fraction of sp³-hybridized carbons (Fsp3) is 0.350. The number of carbonyl (C=O) groups excluding carboxylic acids is 1. The minimum Gasteiger partial charge on any atom is -0.496 e. The number of halogens is 2. The van der Waals surface area contributed by atoms with E-state index in [1.54, 1.807) is 20.1 Å². The fourth-order valence-corrected chi connectivity index (χ4v) is 3.30. The van der Waals surface area contributed by atoms with Crippen LogP contribution in [0.2, 0.25) is 10.0 Å². The largest absolute Gasteiger partial charge is 0.496 e. The highest BCUT2D eigenvalue weighted by molar-refractivity contribution is 6.35. The topological polar surface area (TPSA) is 35.5 Å². The van der Waals surface area contributed by atoms with E-state index >= 15 is 0 Å². The quantitative estimate of drug-likeness (QED) is 0.613. The monoisotopic (exact) mass is 380 g/mol.